The van der Waals surface area contributed by atoms with E-state index in [1.807, 2.05) is 11.9 Å². The molecule has 0 saturated heterocycles. The average Bonchev–Trinajstić information content (AvgIpc) is 2.89. The molecule has 3 rings (SSSR count). The van der Waals surface area contributed by atoms with Gasteiger partial charge in [0.25, 0.3) is 5.89 Å². The van der Waals surface area contributed by atoms with E-state index in [0.29, 0.717) is 30.7 Å². The zero-order chi connectivity index (χ0) is 13.2. The van der Waals surface area contributed by atoms with Crippen molar-refractivity contribution in [3.63, 3.8) is 0 Å². The van der Waals surface area contributed by atoms with Crippen molar-refractivity contribution in [1.82, 2.24) is 15.0 Å². The Kier molecular flexibility index (Phi) is 3.35. The van der Waals surface area contributed by atoms with E-state index < -0.39 is 0 Å². The van der Waals surface area contributed by atoms with Crippen LogP contribution in [-0.2, 0) is 6.54 Å². The van der Waals surface area contributed by atoms with Gasteiger partial charge in [-0.25, -0.2) is 0 Å². The summed E-state index contributed by atoms with van der Waals surface area (Å²) in [5.41, 5.74) is 0.777. The Labute approximate surface area is 111 Å². The molecule has 1 fully saturated rings. The minimum atomic E-state index is -0.245. The first-order valence-electron chi connectivity index (χ1n) is 6.44. The van der Waals surface area contributed by atoms with Crippen LogP contribution >= 0.6 is 0 Å². The summed E-state index contributed by atoms with van der Waals surface area (Å²) in [7, 11) is 1.94. The maximum Gasteiger partial charge on any atom is 0.261 e. The monoisotopic (exact) mass is 263 g/mol. The molecule has 1 aliphatic rings. The van der Waals surface area contributed by atoms with Crippen molar-refractivity contribution in [2.75, 3.05) is 13.6 Å². The van der Waals surface area contributed by atoms with Gasteiger partial charge in [0.15, 0.2) is 5.82 Å². The predicted octanol–water partition coefficient (Wildman–Crippen LogP) is 1.53. The molecule has 1 N–H and O–H groups in total. The van der Waals surface area contributed by atoms with E-state index in [1.54, 1.807) is 18.6 Å². The topological polar surface area (TPSA) is 75.5 Å². The normalized spacial score (nSPS) is 17.0. The van der Waals surface area contributed by atoms with E-state index in [0.717, 1.165) is 18.4 Å². The van der Waals surface area contributed by atoms with Gasteiger partial charge in [0.1, 0.15) is 6.26 Å². The van der Waals surface area contributed by atoms with Crippen molar-refractivity contribution in [1.29, 1.82) is 0 Å². The van der Waals surface area contributed by atoms with Crippen molar-refractivity contribution in [2.24, 2.45) is 5.92 Å². The van der Waals surface area contributed by atoms with Crippen LogP contribution in [0.15, 0.2) is 27.5 Å². The standard InChI is InChI=1S/C13H17N3O3/c1-16(6-11(17)9-2-3-9)7-12-14-13(19-15-12)10-4-5-18-8-10/h4-5,8-9,11,17H,2-3,6-7H2,1H3. The van der Waals surface area contributed by atoms with Gasteiger partial charge in [0.05, 0.1) is 24.5 Å². The van der Waals surface area contributed by atoms with Gasteiger partial charge in [-0.2, -0.15) is 4.98 Å². The third kappa shape index (κ3) is 3.02. The van der Waals surface area contributed by atoms with Crippen molar-refractivity contribution in [3.05, 3.63) is 24.4 Å². The highest BCUT2D eigenvalue weighted by molar-refractivity contribution is 5.49. The number of aliphatic hydroxyl groups is 1. The van der Waals surface area contributed by atoms with Crippen LogP contribution in [0.4, 0.5) is 0 Å². The van der Waals surface area contributed by atoms with Gasteiger partial charge in [-0.05, 0) is 31.9 Å². The molecule has 0 amide bonds. The first-order valence-corrected chi connectivity index (χ1v) is 6.44. The molecule has 1 saturated carbocycles. The summed E-state index contributed by atoms with van der Waals surface area (Å²) >= 11 is 0. The Bertz CT molecular complexity index is 519. The minimum absolute atomic E-state index is 0.245. The van der Waals surface area contributed by atoms with Gasteiger partial charge in [-0.1, -0.05) is 5.16 Å². The largest absolute Gasteiger partial charge is 0.472 e. The summed E-state index contributed by atoms with van der Waals surface area (Å²) in [6.07, 6.45) is 5.17. The van der Waals surface area contributed by atoms with Gasteiger partial charge < -0.3 is 14.0 Å². The number of nitrogens with zero attached hydrogens (tertiary/aromatic N) is 3. The average molecular weight is 263 g/mol. The fraction of sp³-hybridized carbons (Fsp3) is 0.538. The second-order valence-corrected chi connectivity index (χ2v) is 5.13. The number of hydrogen-bond donors (Lipinski definition) is 1. The summed E-state index contributed by atoms with van der Waals surface area (Å²) in [5, 5.41) is 13.8. The highest BCUT2D eigenvalue weighted by Crippen LogP contribution is 2.32. The summed E-state index contributed by atoms with van der Waals surface area (Å²) in [6, 6.07) is 1.78. The van der Waals surface area contributed by atoms with Gasteiger partial charge in [0.2, 0.25) is 0 Å². The van der Waals surface area contributed by atoms with Crippen molar-refractivity contribution in [2.45, 2.75) is 25.5 Å². The number of furan rings is 1. The van der Waals surface area contributed by atoms with Gasteiger partial charge >= 0.3 is 0 Å². The zero-order valence-electron chi connectivity index (χ0n) is 10.8. The van der Waals surface area contributed by atoms with Crippen LogP contribution in [0, 0.1) is 5.92 Å². The van der Waals surface area contributed by atoms with Crippen LogP contribution in [0.3, 0.4) is 0 Å². The predicted molar refractivity (Wildman–Crippen MR) is 67.1 cm³/mol. The Hall–Kier alpha value is -1.66. The molecular formula is C13H17N3O3. The van der Waals surface area contributed by atoms with E-state index in [-0.39, 0.29) is 6.10 Å². The molecule has 2 aromatic heterocycles. The smallest absolute Gasteiger partial charge is 0.261 e. The Balaban J connectivity index is 1.57. The van der Waals surface area contributed by atoms with E-state index in [1.165, 1.54) is 0 Å². The van der Waals surface area contributed by atoms with Crippen molar-refractivity contribution in [3.8, 4) is 11.5 Å². The van der Waals surface area contributed by atoms with Crippen LogP contribution < -0.4 is 0 Å². The maximum absolute atomic E-state index is 9.87. The molecule has 1 atom stereocenters. The van der Waals surface area contributed by atoms with E-state index in [9.17, 15) is 5.11 Å². The van der Waals surface area contributed by atoms with Crippen molar-refractivity contribution >= 4 is 0 Å². The lowest BCUT2D eigenvalue weighted by atomic mass is 10.2. The lowest BCUT2D eigenvalue weighted by molar-refractivity contribution is 0.103. The molecule has 6 nitrogen and oxygen atoms in total. The molecule has 6 heteroatoms. The van der Waals surface area contributed by atoms with Crippen molar-refractivity contribution < 1.29 is 14.0 Å². The van der Waals surface area contributed by atoms with Gasteiger partial charge in [-0.15, -0.1) is 0 Å². The summed E-state index contributed by atoms with van der Waals surface area (Å²) in [4.78, 5) is 6.31. The quantitative estimate of drug-likeness (QED) is 0.851. The lowest BCUT2D eigenvalue weighted by Crippen LogP contribution is -2.30. The highest BCUT2D eigenvalue weighted by Gasteiger charge is 2.30. The number of rotatable bonds is 6. The number of hydrogen-bond acceptors (Lipinski definition) is 6. The third-order valence-corrected chi connectivity index (χ3v) is 3.31. The molecular weight excluding hydrogens is 246 g/mol. The SMILES string of the molecule is CN(Cc1noc(-c2ccoc2)n1)CC(O)C1CC1. The lowest BCUT2D eigenvalue weighted by Gasteiger charge is -2.18. The molecule has 0 aliphatic heterocycles. The molecule has 1 unspecified atom stereocenters. The molecule has 2 heterocycles. The third-order valence-electron chi connectivity index (χ3n) is 3.31. The Morgan fingerprint density at radius 1 is 1.53 bits per heavy atom. The zero-order valence-corrected chi connectivity index (χ0v) is 10.8. The minimum Gasteiger partial charge on any atom is -0.472 e. The number of aliphatic hydroxyl groups excluding tert-OH is 1. The summed E-state index contributed by atoms with van der Waals surface area (Å²) in [5.74, 6) is 1.55. The second-order valence-electron chi connectivity index (χ2n) is 5.13. The van der Waals surface area contributed by atoms with Crippen LogP contribution in [0.1, 0.15) is 18.7 Å². The molecule has 0 aromatic carbocycles. The summed E-state index contributed by atoms with van der Waals surface area (Å²) < 4.78 is 10.1. The fourth-order valence-corrected chi connectivity index (χ4v) is 2.08. The van der Waals surface area contributed by atoms with Gasteiger partial charge in [0, 0.05) is 6.54 Å². The van der Waals surface area contributed by atoms with Crippen LogP contribution in [0.25, 0.3) is 11.5 Å². The fourth-order valence-electron chi connectivity index (χ4n) is 2.08. The Morgan fingerprint density at radius 2 is 2.37 bits per heavy atom. The molecule has 0 bridgehead atoms. The van der Waals surface area contributed by atoms with Crippen LogP contribution in [-0.4, -0.2) is 39.8 Å². The maximum atomic E-state index is 9.87. The number of likely N-dealkylation sites (N-methyl/N-ethyl adjacent to an activating group) is 1. The molecule has 102 valence electrons. The second kappa shape index (κ2) is 5.14. The van der Waals surface area contributed by atoms with E-state index in [2.05, 4.69) is 10.1 Å². The van der Waals surface area contributed by atoms with Crippen LogP contribution in [0.5, 0.6) is 0 Å². The van der Waals surface area contributed by atoms with E-state index >= 15 is 0 Å². The molecule has 0 spiro atoms. The Morgan fingerprint density at radius 3 is 3.05 bits per heavy atom. The van der Waals surface area contributed by atoms with E-state index in [4.69, 9.17) is 8.94 Å². The molecule has 0 radical (unpaired) electrons. The van der Waals surface area contributed by atoms with Crippen LogP contribution in [0.2, 0.25) is 0 Å². The van der Waals surface area contributed by atoms with Gasteiger partial charge in [-0.3, -0.25) is 4.90 Å². The number of aromatic nitrogens is 2. The first kappa shape index (κ1) is 12.4. The molecule has 1 aliphatic carbocycles. The highest BCUT2D eigenvalue weighted by atomic mass is 16.5. The molecule has 2 aromatic rings. The first-order chi connectivity index (χ1) is 9.22. The summed E-state index contributed by atoms with van der Waals surface area (Å²) in [6.45, 7) is 1.20. The molecule has 19 heavy (non-hydrogen) atoms.